The number of ether oxygens (including phenoxy) is 1. The summed E-state index contributed by atoms with van der Waals surface area (Å²) in [4.78, 5) is 21.6. The number of benzene rings is 1. The van der Waals surface area contributed by atoms with Crippen LogP contribution in [0.1, 0.15) is 49.0 Å². The van der Waals surface area contributed by atoms with Crippen molar-refractivity contribution < 1.29 is 9.53 Å². The molecule has 1 aromatic carbocycles. The van der Waals surface area contributed by atoms with E-state index in [0.717, 1.165) is 62.3 Å². The van der Waals surface area contributed by atoms with Crippen molar-refractivity contribution in [2.75, 3.05) is 26.2 Å². The summed E-state index contributed by atoms with van der Waals surface area (Å²) in [7, 11) is 0. The molecule has 1 aromatic heterocycles. The van der Waals surface area contributed by atoms with E-state index in [0.29, 0.717) is 12.6 Å². The van der Waals surface area contributed by atoms with Gasteiger partial charge in [-0.05, 0) is 74.3 Å². The van der Waals surface area contributed by atoms with Crippen molar-refractivity contribution in [3.05, 3.63) is 59.9 Å². The minimum Gasteiger partial charge on any atom is -0.489 e. The lowest BCUT2D eigenvalue weighted by Gasteiger charge is -2.30. The first-order valence-electron chi connectivity index (χ1n) is 10.4. The number of rotatable bonds is 9. The number of nitrogens with zero attached hydrogens (tertiary/aromatic N) is 3. The predicted molar refractivity (Wildman–Crippen MR) is 111 cm³/mol. The third-order valence-electron chi connectivity index (χ3n) is 5.35. The van der Waals surface area contributed by atoms with E-state index >= 15 is 0 Å². The van der Waals surface area contributed by atoms with E-state index in [9.17, 15) is 4.79 Å². The average Bonchev–Trinajstić information content (AvgIpc) is 3.20. The summed E-state index contributed by atoms with van der Waals surface area (Å²) < 4.78 is 5.81. The van der Waals surface area contributed by atoms with E-state index < -0.39 is 0 Å². The molecule has 5 heteroatoms. The van der Waals surface area contributed by atoms with Gasteiger partial charge in [-0.2, -0.15) is 0 Å². The van der Waals surface area contributed by atoms with Gasteiger partial charge in [0.05, 0.1) is 0 Å². The maximum Gasteiger partial charge on any atom is 0.254 e. The highest BCUT2D eigenvalue weighted by atomic mass is 16.5. The highest BCUT2D eigenvalue weighted by molar-refractivity contribution is 5.94. The Morgan fingerprint density at radius 1 is 1.18 bits per heavy atom. The van der Waals surface area contributed by atoms with Gasteiger partial charge in [-0.15, -0.1) is 0 Å². The van der Waals surface area contributed by atoms with Crippen LogP contribution in [-0.4, -0.2) is 52.9 Å². The minimum atomic E-state index is 0.135. The molecule has 1 fully saturated rings. The van der Waals surface area contributed by atoms with Crippen molar-refractivity contribution in [3.8, 4) is 5.75 Å². The molecule has 2 aromatic rings. The largest absolute Gasteiger partial charge is 0.489 e. The molecule has 1 saturated heterocycles. The fourth-order valence-electron chi connectivity index (χ4n) is 3.79. The maximum atomic E-state index is 13.0. The van der Waals surface area contributed by atoms with Crippen LogP contribution in [0.4, 0.5) is 0 Å². The van der Waals surface area contributed by atoms with E-state index in [1.807, 2.05) is 36.4 Å². The lowest BCUT2D eigenvalue weighted by molar-refractivity contribution is 0.0702. The second-order valence-corrected chi connectivity index (χ2v) is 7.36. The van der Waals surface area contributed by atoms with Crippen LogP contribution in [-0.2, 0) is 6.61 Å². The Morgan fingerprint density at radius 3 is 2.61 bits per heavy atom. The Kier molecular flexibility index (Phi) is 7.43. The number of carbonyl (C=O) groups excluding carboxylic acids is 1. The topological polar surface area (TPSA) is 45.7 Å². The van der Waals surface area contributed by atoms with E-state index in [4.69, 9.17) is 4.74 Å². The fraction of sp³-hybridized carbons (Fsp3) is 0.478. The Balaban J connectivity index is 1.58. The van der Waals surface area contributed by atoms with Crippen LogP contribution in [0.25, 0.3) is 0 Å². The van der Waals surface area contributed by atoms with E-state index in [1.165, 1.54) is 0 Å². The first-order chi connectivity index (χ1) is 13.7. The molecular weight excluding hydrogens is 350 g/mol. The number of carbonyl (C=O) groups is 1. The predicted octanol–water partition coefficient (Wildman–Crippen LogP) is 4.00. The molecule has 28 heavy (non-hydrogen) atoms. The Labute approximate surface area is 168 Å². The summed E-state index contributed by atoms with van der Waals surface area (Å²) in [6, 6.07) is 11.7. The van der Waals surface area contributed by atoms with Gasteiger partial charge in [-0.3, -0.25) is 9.78 Å². The van der Waals surface area contributed by atoms with Gasteiger partial charge in [0.25, 0.3) is 5.91 Å². The number of hydrogen-bond donors (Lipinski definition) is 0. The second kappa shape index (κ2) is 10.2. The molecule has 1 aliphatic heterocycles. The standard InChI is InChI=1S/C23H31N3O2/c1-3-15-25(4-2)17-21-6-5-16-26(21)23(27)20-7-9-22(10-8-20)28-18-19-11-13-24-14-12-19/h7-14,21H,3-6,15-18H2,1-2H3. The van der Waals surface area contributed by atoms with Crippen LogP contribution >= 0.6 is 0 Å². The van der Waals surface area contributed by atoms with E-state index in [1.54, 1.807) is 12.4 Å². The van der Waals surface area contributed by atoms with Crippen LogP contribution < -0.4 is 4.74 Å². The number of amides is 1. The molecule has 0 radical (unpaired) electrons. The van der Waals surface area contributed by atoms with Crippen LogP contribution in [0.2, 0.25) is 0 Å². The van der Waals surface area contributed by atoms with Gasteiger partial charge in [0.15, 0.2) is 0 Å². The van der Waals surface area contributed by atoms with E-state index in [2.05, 4.69) is 28.6 Å². The molecular formula is C23H31N3O2. The van der Waals surface area contributed by atoms with Gasteiger partial charge in [0.1, 0.15) is 12.4 Å². The molecule has 1 atom stereocenters. The van der Waals surface area contributed by atoms with Crippen LogP contribution in [0.15, 0.2) is 48.8 Å². The Bertz CT molecular complexity index is 733. The lowest BCUT2D eigenvalue weighted by Crippen LogP contribution is -2.43. The van der Waals surface area contributed by atoms with Gasteiger partial charge in [0, 0.05) is 37.1 Å². The normalized spacial score (nSPS) is 16.5. The van der Waals surface area contributed by atoms with Gasteiger partial charge in [0.2, 0.25) is 0 Å². The third kappa shape index (κ3) is 5.32. The van der Waals surface area contributed by atoms with Gasteiger partial charge in [-0.25, -0.2) is 0 Å². The lowest BCUT2D eigenvalue weighted by atomic mass is 10.1. The van der Waals surface area contributed by atoms with Crippen LogP contribution in [0.5, 0.6) is 5.75 Å². The molecule has 3 rings (SSSR count). The summed E-state index contributed by atoms with van der Waals surface area (Å²) >= 11 is 0. The Morgan fingerprint density at radius 2 is 1.93 bits per heavy atom. The number of likely N-dealkylation sites (N-methyl/N-ethyl adjacent to an activating group) is 1. The first kappa shape index (κ1) is 20.3. The molecule has 0 saturated carbocycles. The minimum absolute atomic E-state index is 0.135. The van der Waals surface area contributed by atoms with Crippen molar-refractivity contribution in [2.24, 2.45) is 0 Å². The zero-order valence-electron chi connectivity index (χ0n) is 17.0. The summed E-state index contributed by atoms with van der Waals surface area (Å²) in [6.07, 6.45) is 6.85. The molecule has 150 valence electrons. The van der Waals surface area contributed by atoms with Crippen LogP contribution in [0, 0.1) is 0 Å². The average molecular weight is 382 g/mol. The van der Waals surface area contributed by atoms with Gasteiger partial charge < -0.3 is 14.5 Å². The van der Waals surface area contributed by atoms with Gasteiger partial charge in [-0.1, -0.05) is 13.8 Å². The molecule has 0 N–H and O–H groups in total. The molecule has 0 bridgehead atoms. The van der Waals surface area contributed by atoms with Crippen molar-refractivity contribution in [1.29, 1.82) is 0 Å². The van der Waals surface area contributed by atoms with Gasteiger partial charge >= 0.3 is 0 Å². The van der Waals surface area contributed by atoms with Crippen molar-refractivity contribution in [1.82, 2.24) is 14.8 Å². The second-order valence-electron chi connectivity index (χ2n) is 7.36. The van der Waals surface area contributed by atoms with E-state index in [-0.39, 0.29) is 5.91 Å². The zero-order valence-corrected chi connectivity index (χ0v) is 17.0. The van der Waals surface area contributed by atoms with Crippen molar-refractivity contribution in [2.45, 2.75) is 45.8 Å². The number of hydrogen-bond acceptors (Lipinski definition) is 4. The molecule has 0 spiro atoms. The fourth-order valence-corrected chi connectivity index (χ4v) is 3.79. The zero-order chi connectivity index (χ0) is 19.8. The molecule has 0 aliphatic carbocycles. The molecule has 2 heterocycles. The SMILES string of the molecule is CCCN(CC)CC1CCCN1C(=O)c1ccc(OCc2ccncc2)cc1. The molecule has 1 aliphatic rings. The number of aromatic nitrogens is 1. The number of likely N-dealkylation sites (tertiary alicyclic amines) is 1. The Hall–Kier alpha value is -2.40. The van der Waals surface area contributed by atoms with Crippen molar-refractivity contribution >= 4 is 5.91 Å². The number of pyridine rings is 1. The molecule has 1 unspecified atom stereocenters. The highest BCUT2D eigenvalue weighted by Gasteiger charge is 2.30. The molecule has 1 amide bonds. The maximum absolute atomic E-state index is 13.0. The summed E-state index contributed by atoms with van der Waals surface area (Å²) in [6.45, 7) is 8.86. The third-order valence-corrected chi connectivity index (χ3v) is 5.35. The van der Waals surface area contributed by atoms with Crippen molar-refractivity contribution in [3.63, 3.8) is 0 Å². The summed E-state index contributed by atoms with van der Waals surface area (Å²) in [5.74, 6) is 0.905. The quantitative estimate of drug-likeness (QED) is 0.659. The summed E-state index contributed by atoms with van der Waals surface area (Å²) in [5, 5.41) is 0. The highest BCUT2D eigenvalue weighted by Crippen LogP contribution is 2.22. The summed E-state index contributed by atoms with van der Waals surface area (Å²) in [5.41, 5.74) is 1.81. The van der Waals surface area contributed by atoms with Crippen LogP contribution in [0.3, 0.4) is 0 Å². The smallest absolute Gasteiger partial charge is 0.254 e. The first-order valence-corrected chi connectivity index (χ1v) is 10.4. The molecule has 5 nitrogen and oxygen atoms in total. The monoisotopic (exact) mass is 381 g/mol.